The fourth-order valence-corrected chi connectivity index (χ4v) is 2.67. The van der Waals surface area contributed by atoms with E-state index in [9.17, 15) is 0 Å². The molecule has 3 heteroatoms. The minimum atomic E-state index is 0.645. The highest BCUT2D eigenvalue weighted by Crippen LogP contribution is 2.40. The van der Waals surface area contributed by atoms with Gasteiger partial charge in [0.15, 0.2) is 0 Å². The Hall–Kier alpha value is -1.22. The summed E-state index contributed by atoms with van der Waals surface area (Å²) in [6.07, 6.45) is 7.56. The van der Waals surface area contributed by atoms with Crippen LogP contribution in [0.1, 0.15) is 17.8 Å². The van der Waals surface area contributed by atoms with Gasteiger partial charge in [-0.15, -0.1) is 0 Å². The van der Waals surface area contributed by atoms with Gasteiger partial charge in [-0.25, -0.2) is 9.97 Å². The molecule has 2 heterocycles. The van der Waals surface area contributed by atoms with Crippen LogP contribution in [0.15, 0.2) is 18.5 Å². The Balaban J connectivity index is 1.94. The summed E-state index contributed by atoms with van der Waals surface area (Å²) in [5, 5.41) is 0. The van der Waals surface area contributed by atoms with E-state index < -0.39 is 0 Å². The molecule has 3 nitrogen and oxygen atoms in total. The molecule has 1 saturated heterocycles. The third-order valence-corrected chi connectivity index (χ3v) is 3.53. The summed E-state index contributed by atoms with van der Waals surface area (Å²) >= 11 is 0. The van der Waals surface area contributed by atoms with Crippen molar-refractivity contribution in [2.75, 3.05) is 13.6 Å². The minimum absolute atomic E-state index is 0.645. The van der Waals surface area contributed by atoms with Crippen molar-refractivity contribution >= 4 is 5.57 Å². The fraction of sp³-hybridized carbons (Fsp3) is 0.500. The predicted octanol–water partition coefficient (Wildman–Crippen LogP) is 1.50. The molecule has 0 saturated carbocycles. The number of fused-ring (bicyclic) bond motifs is 2. The van der Waals surface area contributed by atoms with Crippen molar-refractivity contribution in [1.82, 2.24) is 14.9 Å². The van der Waals surface area contributed by atoms with E-state index in [0.717, 1.165) is 5.82 Å². The molecule has 78 valence electrons. The minimum Gasteiger partial charge on any atom is -0.299 e. The van der Waals surface area contributed by atoms with Crippen LogP contribution in [0.3, 0.4) is 0 Å². The Morgan fingerprint density at radius 3 is 2.60 bits per heavy atom. The second-order valence-corrected chi connectivity index (χ2v) is 4.58. The van der Waals surface area contributed by atoms with Crippen LogP contribution in [0.4, 0.5) is 0 Å². The molecular weight excluding hydrogens is 186 g/mol. The number of aryl methyl sites for hydroxylation is 1. The number of aromatic nitrogens is 2. The molecule has 0 spiro atoms. The van der Waals surface area contributed by atoms with E-state index in [4.69, 9.17) is 0 Å². The maximum atomic E-state index is 4.26. The first-order valence-electron chi connectivity index (χ1n) is 5.45. The highest BCUT2D eigenvalue weighted by molar-refractivity contribution is 5.70. The van der Waals surface area contributed by atoms with E-state index in [2.05, 4.69) is 28.0 Å². The first-order valence-corrected chi connectivity index (χ1v) is 5.45. The Labute approximate surface area is 89.8 Å². The summed E-state index contributed by atoms with van der Waals surface area (Å²) in [4.78, 5) is 10.9. The Kier molecular flexibility index (Phi) is 1.89. The molecule has 1 aromatic heterocycles. The normalized spacial score (nSPS) is 29.6. The molecule has 2 bridgehead atoms. The summed E-state index contributed by atoms with van der Waals surface area (Å²) < 4.78 is 0. The molecule has 0 amide bonds. The first-order chi connectivity index (χ1) is 7.24. The SMILES string of the molecule is Cc1ncc(C2=CC3CC2CN3C)cn1. The smallest absolute Gasteiger partial charge is 0.125 e. The lowest BCUT2D eigenvalue weighted by Gasteiger charge is -2.21. The zero-order chi connectivity index (χ0) is 10.4. The highest BCUT2D eigenvalue weighted by atomic mass is 15.2. The van der Waals surface area contributed by atoms with E-state index >= 15 is 0 Å². The number of likely N-dealkylation sites (N-methyl/N-ethyl adjacent to an activating group) is 1. The summed E-state index contributed by atoms with van der Waals surface area (Å²) in [5.41, 5.74) is 2.67. The number of rotatable bonds is 1. The average Bonchev–Trinajstić information content (AvgIpc) is 2.77. The van der Waals surface area contributed by atoms with Crippen LogP contribution in [0.5, 0.6) is 0 Å². The van der Waals surface area contributed by atoms with Gasteiger partial charge in [-0.1, -0.05) is 6.08 Å². The Morgan fingerprint density at radius 1 is 1.33 bits per heavy atom. The average molecular weight is 201 g/mol. The number of likely N-dealkylation sites (tertiary alicyclic amines) is 1. The molecule has 1 aromatic rings. The number of hydrogen-bond donors (Lipinski definition) is 0. The third-order valence-electron chi connectivity index (χ3n) is 3.53. The molecule has 0 N–H and O–H groups in total. The van der Waals surface area contributed by atoms with Gasteiger partial charge in [-0.05, 0) is 31.9 Å². The highest BCUT2D eigenvalue weighted by Gasteiger charge is 2.37. The zero-order valence-electron chi connectivity index (χ0n) is 9.14. The van der Waals surface area contributed by atoms with E-state index in [1.54, 1.807) is 0 Å². The third kappa shape index (κ3) is 1.38. The topological polar surface area (TPSA) is 29.0 Å². The Morgan fingerprint density at radius 2 is 2.07 bits per heavy atom. The van der Waals surface area contributed by atoms with Gasteiger partial charge in [-0.2, -0.15) is 0 Å². The zero-order valence-corrected chi connectivity index (χ0v) is 9.14. The lowest BCUT2D eigenvalue weighted by atomic mass is 9.98. The summed E-state index contributed by atoms with van der Waals surface area (Å²) in [6, 6.07) is 0.645. The van der Waals surface area contributed by atoms with Crippen LogP contribution in [0, 0.1) is 12.8 Å². The maximum Gasteiger partial charge on any atom is 0.125 e. The molecule has 2 aliphatic rings. The van der Waals surface area contributed by atoms with Crippen LogP contribution >= 0.6 is 0 Å². The van der Waals surface area contributed by atoms with Crippen molar-refractivity contribution < 1.29 is 0 Å². The van der Waals surface area contributed by atoms with Gasteiger partial charge in [-0.3, -0.25) is 4.90 Å². The van der Waals surface area contributed by atoms with Gasteiger partial charge < -0.3 is 0 Å². The second-order valence-electron chi connectivity index (χ2n) is 4.58. The van der Waals surface area contributed by atoms with Crippen LogP contribution in [-0.2, 0) is 0 Å². The predicted molar refractivity (Wildman–Crippen MR) is 59.3 cm³/mol. The summed E-state index contributed by atoms with van der Waals surface area (Å²) in [7, 11) is 2.20. The maximum absolute atomic E-state index is 4.26. The number of hydrogen-bond acceptors (Lipinski definition) is 3. The molecule has 1 aliphatic heterocycles. The van der Waals surface area contributed by atoms with Gasteiger partial charge in [0, 0.05) is 30.5 Å². The molecule has 0 radical (unpaired) electrons. The van der Waals surface area contributed by atoms with Crippen LogP contribution < -0.4 is 0 Å². The molecule has 0 aromatic carbocycles. The lowest BCUT2D eigenvalue weighted by molar-refractivity contribution is 0.347. The molecule has 2 atom stereocenters. The van der Waals surface area contributed by atoms with E-state index in [1.165, 1.54) is 24.1 Å². The van der Waals surface area contributed by atoms with Crippen LogP contribution in [-0.4, -0.2) is 34.5 Å². The largest absolute Gasteiger partial charge is 0.299 e. The molecule has 1 fully saturated rings. The summed E-state index contributed by atoms with van der Waals surface area (Å²) in [5.74, 6) is 1.55. The molecule has 2 unspecified atom stereocenters. The van der Waals surface area contributed by atoms with Gasteiger partial charge in [0.2, 0.25) is 0 Å². The van der Waals surface area contributed by atoms with E-state index in [0.29, 0.717) is 12.0 Å². The van der Waals surface area contributed by atoms with Crippen molar-refractivity contribution in [1.29, 1.82) is 0 Å². The molecule has 3 rings (SSSR count). The second kappa shape index (κ2) is 3.14. The standard InChI is InChI=1S/C12H15N3/c1-8-13-5-10(6-14-8)12-4-11-3-9(12)7-15(11)2/h4-6,9,11H,3,7H2,1-2H3. The van der Waals surface area contributed by atoms with E-state index in [-0.39, 0.29) is 0 Å². The summed E-state index contributed by atoms with van der Waals surface area (Å²) in [6.45, 7) is 3.11. The quantitative estimate of drug-likeness (QED) is 0.689. The van der Waals surface area contributed by atoms with E-state index in [1.807, 2.05) is 19.3 Å². The number of nitrogens with zero attached hydrogens (tertiary/aromatic N) is 3. The van der Waals surface area contributed by atoms with Crippen molar-refractivity contribution in [2.24, 2.45) is 5.92 Å². The van der Waals surface area contributed by atoms with Crippen LogP contribution in [0.2, 0.25) is 0 Å². The van der Waals surface area contributed by atoms with Crippen molar-refractivity contribution in [3.63, 3.8) is 0 Å². The molecular formula is C12H15N3. The van der Waals surface area contributed by atoms with Crippen molar-refractivity contribution in [3.05, 3.63) is 29.9 Å². The van der Waals surface area contributed by atoms with Gasteiger partial charge in [0.05, 0.1) is 0 Å². The van der Waals surface area contributed by atoms with Crippen molar-refractivity contribution in [3.8, 4) is 0 Å². The monoisotopic (exact) mass is 201 g/mol. The van der Waals surface area contributed by atoms with Crippen LogP contribution in [0.25, 0.3) is 5.57 Å². The lowest BCUT2D eigenvalue weighted by Crippen LogP contribution is -2.25. The molecule has 1 aliphatic carbocycles. The van der Waals surface area contributed by atoms with Gasteiger partial charge in [0.25, 0.3) is 0 Å². The van der Waals surface area contributed by atoms with Crippen molar-refractivity contribution in [2.45, 2.75) is 19.4 Å². The van der Waals surface area contributed by atoms with Gasteiger partial charge >= 0.3 is 0 Å². The Bertz CT molecular complexity index is 407. The van der Waals surface area contributed by atoms with Gasteiger partial charge in [0.1, 0.15) is 5.82 Å². The fourth-order valence-electron chi connectivity index (χ4n) is 2.67. The molecule has 15 heavy (non-hydrogen) atoms. The first kappa shape index (κ1) is 9.04.